The highest BCUT2D eigenvalue weighted by atomic mass is 32.2. The lowest BCUT2D eigenvalue weighted by molar-refractivity contribution is -0.298. The predicted molar refractivity (Wildman–Crippen MR) is 444 cm³/mol. The third-order valence-electron chi connectivity index (χ3n) is 21.0. The van der Waals surface area contributed by atoms with Crippen molar-refractivity contribution in [3.63, 3.8) is 0 Å². The van der Waals surface area contributed by atoms with Crippen LogP contribution in [-0.4, -0.2) is 280 Å². The fourth-order valence-electron chi connectivity index (χ4n) is 14.0. The van der Waals surface area contributed by atoms with Crippen molar-refractivity contribution in [1.29, 1.82) is 0 Å². The summed E-state index contributed by atoms with van der Waals surface area (Å²) >= 11 is 0. The number of benzene rings is 2. The monoisotopic (exact) mass is 1650 g/mol. The molecule has 1 aliphatic rings. The number of nitrogens with one attached hydrogen (secondary N) is 6. The van der Waals surface area contributed by atoms with Crippen LogP contribution in [0.1, 0.15) is 182 Å². The average molecular weight is 1650 g/mol. The van der Waals surface area contributed by atoms with Crippen LogP contribution in [0.3, 0.4) is 0 Å². The summed E-state index contributed by atoms with van der Waals surface area (Å²) in [6, 6.07) is -3.50. The Morgan fingerprint density at radius 1 is 0.534 bits per heavy atom. The first-order chi connectivity index (χ1) is 54.0. The molecule has 0 radical (unpaired) electrons. The molecule has 654 valence electrons. The van der Waals surface area contributed by atoms with Gasteiger partial charge in [-0.05, 0) is 126 Å². The third kappa shape index (κ3) is 29.1. The van der Waals surface area contributed by atoms with Crippen LogP contribution in [0.15, 0.2) is 53.4 Å². The Labute approximate surface area is 688 Å². The van der Waals surface area contributed by atoms with Gasteiger partial charge in [-0.25, -0.2) is 17.9 Å². The number of unbranched alkanes of at least 4 members (excludes halogenated alkanes) is 2. The normalized spacial score (nSPS) is 23.2. The van der Waals surface area contributed by atoms with Crippen LogP contribution in [0.5, 0.6) is 0 Å². The number of nitrogens with zero attached hydrogens (tertiary/aromatic N) is 8. The summed E-state index contributed by atoms with van der Waals surface area (Å²) in [6.07, 6.45) is 1.04. The Bertz CT molecular complexity index is 3830. The van der Waals surface area contributed by atoms with Gasteiger partial charge < -0.3 is 70.9 Å². The maximum Gasteiger partial charge on any atom is 0.342 e. The zero-order valence-corrected chi connectivity index (χ0v) is 74.5. The zero-order chi connectivity index (χ0) is 88.4. The van der Waals surface area contributed by atoms with E-state index in [1.807, 2.05) is 72.7 Å². The van der Waals surface area contributed by atoms with E-state index in [1.165, 1.54) is 89.7 Å². The molecule has 12 amide bonds. The van der Waals surface area contributed by atoms with Crippen molar-refractivity contribution in [3.05, 3.63) is 48.6 Å². The molecule has 33 heteroatoms. The predicted octanol–water partition coefficient (Wildman–Crippen LogP) is 4.99. The van der Waals surface area contributed by atoms with Crippen molar-refractivity contribution in [2.45, 2.75) is 259 Å². The van der Waals surface area contributed by atoms with Crippen LogP contribution in [0.25, 0.3) is 10.8 Å². The quantitative estimate of drug-likeness (QED) is 0.0244. The number of rotatable bonds is 29. The minimum Gasteiger partial charge on any atom is -0.390 e. The SMILES string of the molecule is C/C=C/C[C@@H](C)[C@@H](O)[C@H]1C(=O)N[C@@H]([C@@H](C)OOC(=O)CCC(=O)NCCCCCNS(=O)(=O)c2cccc3c(N(C)C)cccc23)C(=O)N(C)CC(=O)N(C)[C@@H](CC(C)C)C(=O)N[C@@H](C(C)C)C(=O)N(C)[C@@H](CC(C)C)C(=O)N[C@@H](C)C(=O)N[C@H](C)C(=O)N(C)[C@@H](CC(C)C)C(=O)N(C)[C@@H](CC(C)C)C(=O)N(C)[C@@H](C(C)C)C(=O)N1C. The number of hydrogen-bond donors (Lipinski definition) is 7. The van der Waals surface area contributed by atoms with Crippen LogP contribution in [0, 0.1) is 41.4 Å². The molecule has 13 atom stereocenters. The number of aliphatic hydroxyl groups is 1. The van der Waals surface area contributed by atoms with Crippen LogP contribution in [0.2, 0.25) is 0 Å². The second kappa shape index (κ2) is 46.9. The van der Waals surface area contributed by atoms with Gasteiger partial charge in [0.2, 0.25) is 80.9 Å². The van der Waals surface area contributed by atoms with Crippen LogP contribution in [-0.2, 0) is 82.1 Å². The number of anilines is 1. The molecule has 7 N–H and O–H groups in total. The molecule has 2 aromatic rings. The standard InChI is InChI=1S/C83H138N14O18S/c1-27-28-34-54(14)73(101)72-77(105)89-70(57(17)114-115-68(100)40-39-66(98)84-41-30-29-31-42-85-116(112,113)65-38-33-35-58-59(65)36-32-37-60(58)90(18)19)81(109)91(20)47-67(99)92(21)61(43-48(2)3)76(104)88-69(52(10)11)82(110)93(22)62(44-49(4)5)75(103)86-55(15)74(102)87-56(16)78(106)94(23)63(45-50(6)7)79(107)95(24)64(46-51(8)9)80(108)96(25)71(53(12)13)83(111)97(72)26/h27-28,32-33,35-38,48-57,61-64,69-73,85,101H,29-31,34,39-47H2,1-26H3,(H,84,98)(H,86,103)(H,87,102)(H,88,104)(H,89,105)/b28-27+/t54-,55+,56-,57-,61+,62+,63+,64+,69+,70+,71+,72+,73-/m1/s1. The summed E-state index contributed by atoms with van der Waals surface area (Å²) in [5.74, 6) is -13.5. The number of amides is 12. The van der Waals surface area contributed by atoms with E-state index in [4.69, 9.17) is 9.78 Å². The van der Waals surface area contributed by atoms with Gasteiger partial charge in [-0.2, -0.15) is 4.89 Å². The number of likely N-dealkylation sites (N-methyl/N-ethyl adjacent to an activating group) is 7. The van der Waals surface area contributed by atoms with Crippen molar-refractivity contribution >= 4 is 103 Å². The second-order valence-electron chi connectivity index (χ2n) is 33.7. The molecule has 0 spiro atoms. The summed E-state index contributed by atoms with van der Waals surface area (Å²) in [5.41, 5.74) is 0.868. The Balaban J connectivity index is 2.20. The molecule has 0 unspecified atom stereocenters. The number of carbonyl (C=O) groups is 13. The van der Waals surface area contributed by atoms with E-state index in [2.05, 4.69) is 31.3 Å². The summed E-state index contributed by atoms with van der Waals surface area (Å²) in [7, 11) is 9.26. The van der Waals surface area contributed by atoms with E-state index in [0.717, 1.165) is 25.8 Å². The lowest BCUT2D eigenvalue weighted by atomic mass is 9.91. The summed E-state index contributed by atoms with van der Waals surface area (Å²) < 4.78 is 29.6. The van der Waals surface area contributed by atoms with Gasteiger partial charge in [0.25, 0.3) is 0 Å². The molecule has 116 heavy (non-hydrogen) atoms. The van der Waals surface area contributed by atoms with Crippen LogP contribution < -0.4 is 36.2 Å². The molecule has 1 heterocycles. The number of fused-ring (bicyclic) bond motifs is 1. The number of allylic oxidation sites excluding steroid dienone is 2. The molecule has 0 bridgehead atoms. The highest BCUT2D eigenvalue weighted by molar-refractivity contribution is 7.89. The van der Waals surface area contributed by atoms with Gasteiger partial charge in [-0.1, -0.05) is 133 Å². The first-order valence-corrected chi connectivity index (χ1v) is 42.1. The zero-order valence-electron chi connectivity index (χ0n) is 73.7. The number of sulfonamides is 1. The van der Waals surface area contributed by atoms with Crippen molar-refractivity contribution in [2.75, 3.05) is 88.0 Å². The smallest absolute Gasteiger partial charge is 0.342 e. The molecular weight excluding hydrogens is 1510 g/mol. The second-order valence-corrected chi connectivity index (χ2v) is 35.4. The van der Waals surface area contributed by atoms with Gasteiger partial charge >= 0.3 is 5.97 Å². The van der Waals surface area contributed by atoms with Crippen molar-refractivity contribution in [2.24, 2.45) is 41.4 Å². The summed E-state index contributed by atoms with van der Waals surface area (Å²) in [4.78, 5) is 212. The molecule has 1 saturated heterocycles. The topological polar surface area (TPSA) is 393 Å². The molecule has 32 nitrogen and oxygen atoms in total. The fourth-order valence-corrected chi connectivity index (χ4v) is 15.3. The van der Waals surface area contributed by atoms with E-state index in [9.17, 15) is 51.9 Å². The van der Waals surface area contributed by atoms with Gasteiger partial charge in [-0.15, -0.1) is 0 Å². The maximum absolute atomic E-state index is 15.6. The molecular formula is C83H138N14O18S. The highest BCUT2D eigenvalue weighted by Crippen LogP contribution is 2.31. The first kappa shape index (κ1) is 101. The number of hydrogen-bond acceptors (Lipinski definition) is 19. The van der Waals surface area contributed by atoms with Crippen molar-refractivity contribution < 1.29 is 85.6 Å². The van der Waals surface area contributed by atoms with E-state index in [0.29, 0.717) is 24.6 Å². The Hall–Kier alpha value is -8.82. The van der Waals surface area contributed by atoms with E-state index < -0.39 is 190 Å². The van der Waals surface area contributed by atoms with Crippen LogP contribution in [0.4, 0.5) is 5.69 Å². The Morgan fingerprint density at radius 2 is 1.02 bits per heavy atom. The molecule has 1 fully saturated rings. The van der Waals surface area contributed by atoms with Gasteiger partial charge in [0.05, 0.1) is 24.0 Å². The van der Waals surface area contributed by atoms with E-state index in [1.54, 1.807) is 91.8 Å². The molecule has 0 saturated carbocycles. The van der Waals surface area contributed by atoms with E-state index in [-0.39, 0.29) is 80.2 Å². The largest absolute Gasteiger partial charge is 0.390 e. The fraction of sp³-hybridized carbons (Fsp3) is 0.699. The summed E-state index contributed by atoms with van der Waals surface area (Å²) in [6.45, 7) is 28.3. The van der Waals surface area contributed by atoms with Gasteiger partial charge in [0, 0.05) is 99.4 Å². The van der Waals surface area contributed by atoms with Gasteiger partial charge in [-0.3, -0.25) is 62.4 Å². The number of aliphatic hydroxyl groups excluding tert-OH is 1. The molecule has 0 aliphatic carbocycles. The maximum atomic E-state index is 15.6. The van der Waals surface area contributed by atoms with Crippen molar-refractivity contribution in [1.82, 2.24) is 65.6 Å². The lowest BCUT2D eigenvalue weighted by Gasteiger charge is -2.41. The average Bonchev–Trinajstić information content (AvgIpc) is 0.780. The highest BCUT2D eigenvalue weighted by Gasteiger charge is 2.47. The van der Waals surface area contributed by atoms with Crippen molar-refractivity contribution in [3.8, 4) is 0 Å². The van der Waals surface area contributed by atoms with Crippen LogP contribution >= 0.6 is 0 Å². The summed E-state index contributed by atoms with van der Waals surface area (Å²) in [5, 5.41) is 27.4. The van der Waals surface area contributed by atoms with Gasteiger partial charge in [0.1, 0.15) is 66.5 Å². The Morgan fingerprint density at radius 3 is 1.56 bits per heavy atom. The minimum absolute atomic E-state index is 0.0346. The Kier molecular flexibility index (Phi) is 41.0. The van der Waals surface area contributed by atoms with Gasteiger partial charge in [0.15, 0.2) is 0 Å². The number of carbonyl (C=O) groups excluding carboxylic acids is 13. The molecule has 1 aliphatic heterocycles. The minimum atomic E-state index is -3.88. The lowest BCUT2D eigenvalue weighted by Crippen LogP contribution is -2.64. The van der Waals surface area contributed by atoms with E-state index >= 15 is 24.0 Å². The molecule has 2 aromatic carbocycles. The third-order valence-corrected chi connectivity index (χ3v) is 22.6. The first-order valence-electron chi connectivity index (χ1n) is 40.6. The molecule has 3 rings (SSSR count). The molecule has 0 aromatic heterocycles.